The Kier molecular flexibility index (Phi) is 8.17. The van der Waals surface area contributed by atoms with Gasteiger partial charge in [0.15, 0.2) is 0 Å². The summed E-state index contributed by atoms with van der Waals surface area (Å²) >= 11 is 1.62. The van der Waals surface area contributed by atoms with Gasteiger partial charge in [0.2, 0.25) is 5.91 Å². The van der Waals surface area contributed by atoms with E-state index in [1.165, 1.54) is 0 Å². The normalized spacial score (nSPS) is 11.7. The number of nitrogens with one attached hydrogen (secondary N) is 2. The summed E-state index contributed by atoms with van der Waals surface area (Å²) in [5.41, 5.74) is 2.23. The Morgan fingerprint density at radius 1 is 1.07 bits per heavy atom. The van der Waals surface area contributed by atoms with E-state index in [0.29, 0.717) is 25.3 Å². The Balaban J connectivity index is 0.00000280. The summed E-state index contributed by atoms with van der Waals surface area (Å²) in [6.07, 6.45) is -0.117. The molecule has 3 rings (SSSR count). The van der Waals surface area contributed by atoms with E-state index in [1.807, 2.05) is 49.4 Å². The number of rotatable bonds is 6. The van der Waals surface area contributed by atoms with Crippen molar-refractivity contribution in [3.63, 3.8) is 0 Å². The van der Waals surface area contributed by atoms with E-state index in [0.717, 1.165) is 27.7 Å². The number of hydrogen-bond acceptors (Lipinski definition) is 5. The van der Waals surface area contributed by atoms with E-state index in [1.54, 1.807) is 23.6 Å². The van der Waals surface area contributed by atoms with Crippen molar-refractivity contribution in [2.24, 2.45) is 0 Å². The average molecular weight is 421 g/mol. The molecule has 0 fully saturated rings. The molecule has 0 saturated heterocycles. The lowest BCUT2D eigenvalue weighted by Crippen LogP contribution is -3.00. The smallest absolute Gasteiger partial charge is 0.411 e. The van der Waals surface area contributed by atoms with Gasteiger partial charge in [0.1, 0.15) is 0 Å². The van der Waals surface area contributed by atoms with Crippen molar-refractivity contribution in [1.29, 1.82) is 0 Å². The molecule has 0 unspecified atom stereocenters. The second-order valence-electron chi connectivity index (χ2n) is 5.93. The van der Waals surface area contributed by atoms with Crippen molar-refractivity contribution in [3.8, 4) is 0 Å². The van der Waals surface area contributed by atoms with Gasteiger partial charge in [-0.3, -0.25) is 15.0 Å². The molecule has 150 valence electrons. The van der Waals surface area contributed by atoms with Crippen molar-refractivity contribution in [1.82, 2.24) is 5.32 Å². The standard InChI is InChI=1S/C20H23N3O3S.ClH/c1-3-21-12-11-19(24)23-15-7-5-6-8-17(15)27-18-10-9-14(13-16(18)23)22-20(25)26-4-2;/h5-10,13,21H,3-4,11-12H2,1-2H3,(H,22,25);1H/p-1. The maximum absolute atomic E-state index is 13.0. The molecule has 0 saturated carbocycles. The molecule has 2 amide bonds. The molecule has 1 aliphatic heterocycles. The number of ether oxygens (including phenoxy) is 1. The van der Waals surface area contributed by atoms with Gasteiger partial charge in [0.05, 0.1) is 18.0 Å². The third-order valence-corrected chi connectivity index (χ3v) is 5.19. The third-order valence-electron chi connectivity index (χ3n) is 4.06. The molecule has 1 heterocycles. The first-order valence-electron chi connectivity index (χ1n) is 9.02. The summed E-state index contributed by atoms with van der Waals surface area (Å²) in [6.45, 7) is 5.51. The van der Waals surface area contributed by atoms with Crippen LogP contribution in [0.4, 0.5) is 21.9 Å². The topological polar surface area (TPSA) is 70.7 Å². The van der Waals surface area contributed by atoms with E-state index in [4.69, 9.17) is 4.74 Å². The molecular weight excluding hydrogens is 398 g/mol. The Hall–Kier alpha value is -2.22. The van der Waals surface area contributed by atoms with Crippen LogP contribution in [-0.4, -0.2) is 31.7 Å². The fourth-order valence-electron chi connectivity index (χ4n) is 2.87. The van der Waals surface area contributed by atoms with Gasteiger partial charge >= 0.3 is 6.09 Å². The summed E-state index contributed by atoms with van der Waals surface area (Å²) in [5, 5.41) is 5.90. The molecule has 0 atom stereocenters. The summed E-state index contributed by atoms with van der Waals surface area (Å²) in [4.78, 5) is 28.5. The van der Waals surface area contributed by atoms with Gasteiger partial charge in [-0.2, -0.15) is 0 Å². The predicted octanol–water partition coefficient (Wildman–Crippen LogP) is 1.39. The number of benzene rings is 2. The second-order valence-corrected chi connectivity index (χ2v) is 7.01. The number of carbonyl (C=O) groups excluding carboxylic acids is 2. The van der Waals surface area contributed by atoms with E-state index in [-0.39, 0.29) is 18.3 Å². The second kappa shape index (κ2) is 10.4. The predicted molar refractivity (Wildman–Crippen MR) is 108 cm³/mol. The van der Waals surface area contributed by atoms with Gasteiger partial charge in [-0.05, 0) is 43.8 Å². The van der Waals surface area contributed by atoms with Crippen LogP contribution >= 0.6 is 11.8 Å². The molecular formula is C20H23ClN3O3S-. The van der Waals surface area contributed by atoms with Crippen molar-refractivity contribution in [3.05, 3.63) is 42.5 Å². The lowest BCUT2D eigenvalue weighted by Gasteiger charge is -2.31. The number of anilines is 3. The first-order valence-corrected chi connectivity index (χ1v) is 9.84. The minimum Gasteiger partial charge on any atom is -1.00 e. The zero-order chi connectivity index (χ0) is 19.2. The molecule has 2 aromatic rings. The highest BCUT2D eigenvalue weighted by atomic mass is 35.5. The fourth-order valence-corrected chi connectivity index (χ4v) is 3.91. The highest BCUT2D eigenvalue weighted by Crippen LogP contribution is 2.49. The maximum atomic E-state index is 13.0. The molecule has 2 aromatic carbocycles. The van der Waals surface area contributed by atoms with Gasteiger partial charge < -0.3 is 22.5 Å². The molecule has 0 spiro atoms. The summed E-state index contributed by atoms with van der Waals surface area (Å²) in [6, 6.07) is 13.4. The number of fused-ring (bicyclic) bond motifs is 2. The third kappa shape index (κ3) is 4.98. The Morgan fingerprint density at radius 2 is 1.82 bits per heavy atom. The van der Waals surface area contributed by atoms with Crippen molar-refractivity contribution >= 4 is 40.8 Å². The van der Waals surface area contributed by atoms with Crippen LogP contribution in [0.2, 0.25) is 0 Å². The molecule has 0 aliphatic carbocycles. The van der Waals surface area contributed by atoms with Gasteiger partial charge in [-0.25, -0.2) is 4.79 Å². The Morgan fingerprint density at radius 3 is 2.57 bits per heavy atom. The largest absolute Gasteiger partial charge is 1.00 e. The highest BCUT2D eigenvalue weighted by molar-refractivity contribution is 7.99. The van der Waals surface area contributed by atoms with Crippen LogP contribution in [0.3, 0.4) is 0 Å². The zero-order valence-corrected chi connectivity index (χ0v) is 17.4. The van der Waals surface area contributed by atoms with Crippen LogP contribution in [0.15, 0.2) is 52.3 Å². The number of hydrogen-bond donors (Lipinski definition) is 2. The Labute approximate surface area is 175 Å². The van der Waals surface area contributed by atoms with E-state index < -0.39 is 6.09 Å². The number of amides is 2. The summed E-state index contributed by atoms with van der Waals surface area (Å²) in [5.74, 6) is 0.0123. The Bertz CT molecular complexity index is 847. The van der Waals surface area contributed by atoms with E-state index in [9.17, 15) is 9.59 Å². The minimum absolute atomic E-state index is 0. The van der Waals surface area contributed by atoms with Gasteiger partial charge in [-0.1, -0.05) is 30.8 Å². The molecule has 0 radical (unpaired) electrons. The van der Waals surface area contributed by atoms with Crippen molar-refractivity contribution in [2.75, 3.05) is 29.9 Å². The summed E-state index contributed by atoms with van der Waals surface area (Å²) < 4.78 is 4.94. The van der Waals surface area contributed by atoms with Crippen LogP contribution in [-0.2, 0) is 9.53 Å². The highest BCUT2D eigenvalue weighted by Gasteiger charge is 2.28. The lowest BCUT2D eigenvalue weighted by molar-refractivity contribution is -0.117. The fraction of sp³-hybridized carbons (Fsp3) is 0.300. The van der Waals surface area contributed by atoms with Crippen molar-refractivity contribution in [2.45, 2.75) is 30.1 Å². The maximum Gasteiger partial charge on any atom is 0.411 e. The minimum atomic E-state index is -0.508. The molecule has 1 aliphatic rings. The monoisotopic (exact) mass is 420 g/mol. The number of nitrogens with zero attached hydrogens (tertiary/aromatic N) is 1. The quantitative estimate of drug-likeness (QED) is 0.691. The summed E-state index contributed by atoms with van der Waals surface area (Å²) in [7, 11) is 0. The van der Waals surface area contributed by atoms with Gasteiger partial charge in [0.25, 0.3) is 0 Å². The number of carbonyl (C=O) groups is 2. The van der Waals surface area contributed by atoms with Gasteiger partial charge in [-0.15, -0.1) is 0 Å². The van der Waals surface area contributed by atoms with Crippen LogP contribution < -0.4 is 27.9 Å². The molecule has 8 heteroatoms. The van der Waals surface area contributed by atoms with Crippen LogP contribution in [0.25, 0.3) is 0 Å². The van der Waals surface area contributed by atoms with E-state index >= 15 is 0 Å². The van der Waals surface area contributed by atoms with E-state index in [2.05, 4.69) is 10.6 Å². The lowest BCUT2D eigenvalue weighted by atomic mass is 10.2. The zero-order valence-electron chi connectivity index (χ0n) is 15.8. The number of para-hydroxylation sites is 1. The molecule has 6 nitrogen and oxygen atoms in total. The molecule has 2 N–H and O–H groups in total. The van der Waals surface area contributed by atoms with Crippen LogP contribution in [0.5, 0.6) is 0 Å². The number of halogens is 1. The van der Waals surface area contributed by atoms with Crippen molar-refractivity contribution < 1.29 is 26.7 Å². The SMILES string of the molecule is CCNCCC(=O)N1c2ccccc2Sc2ccc(NC(=O)OCC)cc21.[Cl-]. The molecule has 28 heavy (non-hydrogen) atoms. The van der Waals surface area contributed by atoms with Crippen LogP contribution in [0, 0.1) is 0 Å². The van der Waals surface area contributed by atoms with Gasteiger partial charge in [0, 0.05) is 28.4 Å². The average Bonchev–Trinajstić information content (AvgIpc) is 2.66. The first-order chi connectivity index (χ1) is 13.1. The molecule has 0 aromatic heterocycles. The van der Waals surface area contributed by atoms with Crippen LogP contribution in [0.1, 0.15) is 20.3 Å². The molecule has 0 bridgehead atoms. The first kappa shape index (κ1) is 22.1.